The van der Waals surface area contributed by atoms with E-state index in [4.69, 9.17) is 4.74 Å². The summed E-state index contributed by atoms with van der Waals surface area (Å²) < 4.78 is 51.1. The van der Waals surface area contributed by atoms with Crippen LogP contribution in [0, 0.1) is 27.7 Å². The number of ether oxygens (including phenoxy) is 1. The summed E-state index contributed by atoms with van der Waals surface area (Å²) >= 11 is 0. The Hall–Kier alpha value is -3.66. The predicted octanol–water partition coefficient (Wildman–Crippen LogP) is 4.87. The molecule has 0 bridgehead atoms. The smallest absolute Gasteiger partial charge is 0.450 e. The highest BCUT2D eigenvalue weighted by Gasteiger charge is 2.39. The van der Waals surface area contributed by atoms with E-state index in [1.165, 1.54) is 24.5 Å². The van der Waals surface area contributed by atoms with Crippen LogP contribution in [0.5, 0.6) is 0 Å². The fraction of sp³-hybridized carbons (Fsp3) is 0.261. The molecule has 2 N–H and O–H groups in total. The van der Waals surface area contributed by atoms with E-state index in [2.05, 4.69) is 10.3 Å². The minimum atomic E-state index is -1.34. The lowest BCUT2D eigenvalue weighted by Gasteiger charge is -2.33. The number of rotatable bonds is 4. The number of aromatic nitrogens is 1. The highest BCUT2D eigenvalue weighted by Crippen LogP contribution is 2.44. The number of halogens is 3. The van der Waals surface area contributed by atoms with Crippen LogP contribution in [-0.4, -0.2) is 27.7 Å². The number of benzene rings is 1. The van der Waals surface area contributed by atoms with Crippen LogP contribution in [0.4, 0.5) is 13.2 Å². The van der Waals surface area contributed by atoms with Crippen LogP contribution in [0.3, 0.4) is 0 Å². The SMILES string of the molecule is CC1CCC(C2=C(c3cccnc3)C(=C(O)[N+](=O)[O-])NC(c3c(F)cccc3F)=C2F)OC1. The average Bonchev–Trinajstić information content (AvgIpc) is 2.80. The van der Waals surface area contributed by atoms with E-state index in [0.717, 1.165) is 18.2 Å². The molecule has 1 fully saturated rings. The van der Waals surface area contributed by atoms with Crippen LogP contribution in [0.15, 0.2) is 65.7 Å². The van der Waals surface area contributed by atoms with Crippen molar-refractivity contribution in [3.05, 3.63) is 98.6 Å². The molecule has 172 valence electrons. The lowest BCUT2D eigenvalue weighted by Crippen LogP contribution is -2.32. The zero-order chi connectivity index (χ0) is 23.7. The van der Waals surface area contributed by atoms with E-state index in [-0.39, 0.29) is 22.6 Å². The van der Waals surface area contributed by atoms with Crippen molar-refractivity contribution in [2.24, 2.45) is 5.92 Å². The number of dihydropyridines is 1. The van der Waals surface area contributed by atoms with E-state index in [0.29, 0.717) is 19.4 Å². The van der Waals surface area contributed by atoms with Gasteiger partial charge in [-0.25, -0.2) is 13.2 Å². The summed E-state index contributed by atoms with van der Waals surface area (Å²) in [7, 11) is 0. The van der Waals surface area contributed by atoms with E-state index in [1.54, 1.807) is 0 Å². The third-order valence-corrected chi connectivity index (χ3v) is 5.61. The van der Waals surface area contributed by atoms with Crippen molar-refractivity contribution in [1.29, 1.82) is 0 Å². The molecule has 1 saturated heterocycles. The number of nitrogens with one attached hydrogen (secondary N) is 1. The van der Waals surface area contributed by atoms with Gasteiger partial charge in [0.25, 0.3) is 0 Å². The number of aliphatic hydroxyl groups is 1. The topological polar surface area (TPSA) is 97.5 Å². The van der Waals surface area contributed by atoms with E-state index < -0.39 is 51.3 Å². The Morgan fingerprint density at radius 1 is 1.21 bits per heavy atom. The Morgan fingerprint density at radius 3 is 2.52 bits per heavy atom. The summed E-state index contributed by atoms with van der Waals surface area (Å²) in [5.41, 5.74) is -1.86. The molecule has 0 spiro atoms. The molecule has 4 rings (SSSR count). The quantitative estimate of drug-likeness (QED) is 0.385. The zero-order valence-corrected chi connectivity index (χ0v) is 17.5. The normalized spacial score (nSPS) is 22.8. The van der Waals surface area contributed by atoms with Crippen LogP contribution < -0.4 is 5.32 Å². The highest BCUT2D eigenvalue weighted by atomic mass is 19.1. The van der Waals surface area contributed by atoms with Crippen LogP contribution in [0.2, 0.25) is 0 Å². The molecule has 2 atom stereocenters. The summed E-state index contributed by atoms with van der Waals surface area (Å²) in [4.78, 5) is 14.4. The molecule has 10 heteroatoms. The number of nitrogens with zero attached hydrogens (tertiary/aromatic N) is 2. The van der Waals surface area contributed by atoms with Gasteiger partial charge >= 0.3 is 5.88 Å². The minimum Gasteiger partial charge on any atom is -0.454 e. The predicted molar refractivity (Wildman–Crippen MR) is 113 cm³/mol. The van der Waals surface area contributed by atoms with Gasteiger partial charge in [0.15, 0.2) is 11.5 Å². The summed E-state index contributed by atoms with van der Waals surface area (Å²) in [6.07, 6.45) is 2.99. The number of nitro groups is 1. The first-order valence-electron chi connectivity index (χ1n) is 10.2. The minimum absolute atomic E-state index is 0.0603. The highest BCUT2D eigenvalue weighted by molar-refractivity contribution is 5.92. The van der Waals surface area contributed by atoms with Crippen molar-refractivity contribution >= 4 is 11.3 Å². The number of hydrogen-bond donors (Lipinski definition) is 2. The summed E-state index contributed by atoms with van der Waals surface area (Å²) in [6, 6.07) is 6.07. The summed E-state index contributed by atoms with van der Waals surface area (Å²) in [5.74, 6) is -4.30. The van der Waals surface area contributed by atoms with Crippen molar-refractivity contribution in [1.82, 2.24) is 10.3 Å². The van der Waals surface area contributed by atoms with Crippen LogP contribution >= 0.6 is 0 Å². The fourth-order valence-electron chi connectivity index (χ4n) is 4.01. The Balaban J connectivity index is 2.06. The van der Waals surface area contributed by atoms with Crippen molar-refractivity contribution in [2.75, 3.05) is 6.61 Å². The maximum absolute atomic E-state index is 16.1. The Kier molecular flexibility index (Phi) is 6.19. The van der Waals surface area contributed by atoms with Gasteiger partial charge in [-0.15, -0.1) is 0 Å². The van der Waals surface area contributed by atoms with E-state index in [9.17, 15) is 24.0 Å². The first-order valence-corrected chi connectivity index (χ1v) is 10.2. The third-order valence-electron chi connectivity index (χ3n) is 5.61. The second-order valence-electron chi connectivity index (χ2n) is 7.90. The maximum Gasteiger partial charge on any atom is 0.450 e. The van der Waals surface area contributed by atoms with E-state index in [1.807, 2.05) is 6.92 Å². The number of hydrogen-bond acceptors (Lipinski definition) is 6. The van der Waals surface area contributed by atoms with E-state index >= 15 is 4.39 Å². The largest absolute Gasteiger partial charge is 0.454 e. The Labute approximate surface area is 187 Å². The summed E-state index contributed by atoms with van der Waals surface area (Å²) in [6.45, 7) is 2.27. The number of pyridine rings is 1. The van der Waals surface area contributed by atoms with Gasteiger partial charge in [-0.05, 0) is 37.0 Å². The fourth-order valence-corrected chi connectivity index (χ4v) is 4.01. The summed E-state index contributed by atoms with van der Waals surface area (Å²) in [5, 5.41) is 24.2. The third kappa shape index (κ3) is 4.21. The van der Waals surface area contributed by atoms with Crippen molar-refractivity contribution in [3.8, 4) is 0 Å². The van der Waals surface area contributed by atoms with Gasteiger partial charge in [-0.3, -0.25) is 15.1 Å². The molecule has 1 aromatic carbocycles. The molecular weight excluding hydrogens is 439 g/mol. The average molecular weight is 459 g/mol. The molecule has 7 nitrogen and oxygen atoms in total. The van der Waals surface area contributed by atoms with Crippen molar-refractivity contribution < 1.29 is 27.9 Å². The molecule has 1 aromatic heterocycles. The molecule has 2 aromatic rings. The second-order valence-corrected chi connectivity index (χ2v) is 7.90. The molecule has 0 amide bonds. The maximum atomic E-state index is 16.1. The van der Waals surface area contributed by atoms with Crippen LogP contribution in [-0.2, 0) is 4.74 Å². The van der Waals surface area contributed by atoms with Gasteiger partial charge in [0.1, 0.15) is 16.6 Å². The number of allylic oxidation sites excluding steroid dienone is 1. The molecule has 0 radical (unpaired) electrons. The van der Waals surface area contributed by atoms with Gasteiger partial charge in [0.05, 0.1) is 17.4 Å². The molecular formula is C23H20F3N3O4. The van der Waals surface area contributed by atoms with Crippen LogP contribution in [0.25, 0.3) is 11.3 Å². The standard InChI is InChI=1S/C23H20F3N3O4/c1-12-7-8-16(33-11-12)19-17(13-4-3-9-27-10-13)22(23(30)29(31)32)28-21(20(19)26)18-14(24)5-2-6-15(18)25/h2-6,9-10,12,16,28,30H,7-8,11H2,1H3. The van der Waals surface area contributed by atoms with Gasteiger partial charge in [-0.2, -0.15) is 0 Å². The van der Waals surface area contributed by atoms with Gasteiger partial charge < -0.3 is 15.2 Å². The molecule has 0 aliphatic carbocycles. The monoisotopic (exact) mass is 459 g/mol. The lowest BCUT2D eigenvalue weighted by atomic mass is 9.85. The molecule has 2 aliphatic heterocycles. The second kappa shape index (κ2) is 9.07. The van der Waals surface area contributed by atoms with Gasteiger partial charge in [0.2, 0.25) is 0 Å². The van der Waals surface area contributed by atoms with Crippen molar-refractivity contribution in [3.63, 3.8) is 0 Å². The molecule has 0 saturated carbocycles. The molecule has 2 unspecified atom stereocenters. The molecule has 3 heterocycles. The lowest BCUT2D eigenvalue weighted by molar-refractivity contribution is -0.459. The van der Waals surface area contributed by atoms with Gasteiger partial charge in [0, 0.05) is 35.7 Å². The first kappa shape index (κ1) is 22.5. The zero-order valence-electron chi connectivity index (χ0n) is 17.5. The van der Waals surface area contributed by atoms with Crippen molar-refractivity contribution in [2.45, 2.75) is 25.9 Å². The molecule has 33 heavy (non-hydrogen) atoms. The molecule has 2 aliphatic rings. The number of aliphatic hydroxyl groups excluding tert-OH is 1. The Morgan fingerprint density at radius 2 is 1.94 bits per heavy atom. The van der Waals surface area contributed by atoms with Crippen LogP contribution in [0.1, 0.15) is 30.9 Å². The Bertz CT molecular complexity index is 1170. The van der Waals surface area contributed by atoms with Gasteiger partial charge in [-0.1, -0.05) is 19.1 Å². The first-order chi connectivity index (χ1) is 15.8.